The largest absolute Gasteiger partial charge is 0.481 e. The van der Waals surface area contributed by atoms with Crippen molar-refractivity contribution in [1.29, 1.82) is 0 Å². The third kappa shape index (κ3) is 5.51. The number of aliphatic carboxylic acids is 1. The second-order valence-corrected chi connectivity index (χ2v) is 9.20. The second-order valence-electron chi connectivity index (χ2n) is 9.20. The van der Waals surface area contributed by atoms with Crippen LogP contribution in [0.1, 0.15) is 53.3 Å². The van der Waals surface area contributed by atoms with Crippen LogP contribution in [0, 0.1) is 5.82 Å². The number of halogens is 1. The van der Waals surface area contributed by atoms with Crippen LogP contribution in [0.4, 0.5) is 10.1 Å². The molecule has 192 valence electrons. The zero-order valence-corrected chi connectivity index (χ0v) is 20.4. The fourth-order valence-corrected chi connectivity index (χ4v) is 4.60. The minimum Gasteiger partial charge on any atom is -0.481 e. The number of hydrogen-bond donors (Lipinski definition) is 3. The minimum absolute atomic E-state index is 0.00347. The van der Waals surface area contributed by atoms with Gasteiger partial charge in [0.2, 0.25) is 5.91 Å². The van der Waals surface area contributed by atoms with E-state index in [1.807, 2.05) is 30.3 Å². The van der Waals surface area contributed by atoms with E-state index in [4.69, 9.17) is 15.1 Å². The smallest absolute Gasteiger partial charge is 0.303 e. The number of rotatable bonds is 8. The summed E-state index contributed by atoms with van der Waals surface area (Å²) in [6.07, 6.45) is 1.76. The Hall–Kier alpha value is -4.66. The van der Waals surface area contributed by atoms with Crippen LogP contribution in [0.25, 0.3) is 22.3 Å². The van der Waals surface area contributed by atoms with E-state index in [0.717, 1.165) is 17.0 Å². The number of nitrogens with one attached hydrogen (secondary N) is 2. The lowest BCUT2D eigenvalue weighted by Gasteiger charge is -2.26. The number of aryl methyl sites for hydroxylation is 1. The molecule has 1 atom stereocenters. The molecule has 0 saturated heterocycles. The van der Waals surface area contributed by atoms with Gasteiger partial charge in [-0.2, -0.15) is 0 Å². The third-order valence-electron chi connectivity index (χ3n) is 6.46. The Morgan fingerprint density at radius 1 is 1.00 bits per heavy atom. The van der Waals surface area contributed by atoms with Crippen molar-refractivity contribution in [2.75, 3.05) is 5.32 Å². The van der Waals surface area contributed by atoms with Crippen molar-refractivity contribution in [1.82, 2.24) is 15.3 Å². The standard InChI is InChI=1S/C29H25FN4O4/c30-19-11-13-21-20(15-19)24(16-26(35)32-21)34-29(38)18-10-12-22-25(14-18)31-23(8-4-5-9-27(36)37)28(33-22)17-6-2-1-3-7-17/h1-3,6-7,10-15,24H,4-5,8-9,16H2,(H,32,35)(H,34,38)(H,36,37)/t24-/m1/s1. The van der Waals surface area contributed by atoms with Crippen LogP contribution in [0.2, 0.25) is 0 Å². The Bertz CT molecular complexity index is 1540. The van der Waals surface area contributed by atoms with Crippen LogP contribution in [0.5, 0.6) is 0 Å². The minimum atomic E-state index is -0.839. The first-order valence-electron chi connectivity index (χ1n) is 12.4. The van der Waals surface area contributed by atoms with Crippen molar-refractivity contribution in [3.05, 3.63) is 89.4 Å². The summed E-state index contributed by atoms with van der Waals surface area (Å²) in [4.78, 5) is 45.9. The van der Waals surface area contributed by atoms with E-state index in [2.05, 4.69) is 10.6 Å². The summed E-state index contributed by atoms with van der Waals surface area (Å²) in [5, 5.41) is 14.5. The summed E-state index contributed by atoms with van der Waals surface area (Å²) < 4.78 is 13.9. The van der Waals surface area contributed by atoms with Crippen molar-refractivity contribution in [2.45, 2.75) is 38.1 Å². The molecule has 1 aliphatic rings. The molecule has 0 saturated carbocycles. The molecule has 8 nitrogen and oxygen atoms in total. The summed E-state index contributed by atoms with van der Waals surface area (Å²) in [5.74, 6) is -1.97. The maximum Gasteiger partial charge on any atom is 0.303 e. The quantitative estimate of drug-likeness (QED) is 0.284. The zero-order chi connectivity index (χ0) is 26.6. The highest BCUT2D eigenvalue weighted by atomic mass is 19.1. The molecule has 38 heavy (non-hydrogen) atoms. The fraction of sp³-hybridized carbons (Fsp3) is 0.207. The molecule has 3 aromatic carbocycles. The van der Waals surface area contributed by atoms with Gasteiger partial charge in [-0.15, -0.1) is 0 Å². The normalized spacial score (nSPS) is 14.6. The predicted molar refractivity (Wildman–Crippen MR) is 140 cm³/mol. The van der Waals surface area contributed by atoms with Gasteiger partial charge in [-0.1, -0.05) is 30.3 Å². The molecule has 2 amide bonds. The molecular weight excluding hydrogens is 487 g/mol. The molecule has 4 aromatic rings. The molecule has 1 aliphatic heterocycles. The van der Waals surface area contributed by atoms with E-state index >= 15 is 0 Å². The van der Waals surface area contributed by atoms with Gasteiger partial charge in [0.1, 0.15) is 5.82 Å². The first-order chi connectivity index (χ1) is 18.4. The zero-order valence-electron chi connectivity index (χ0n) is 20.4. The summed E-state index contributed by atoms with van der Waals surface area (Å²) in [5.41, 5.74) is 4.79. The lowest BCUT2D eigenvalue weighted by atomic mass is 9.96. The van der Waals surface area contributed by atoms with Crippen molar-refractivity contribution >= 4 is 34.5 Å². The van der Waals surface area contributed by atoms with E-state index in [1.165, 1.54) is 18.2 Å². The SMILES string of the molecule is O=C(O)CCCCc1nc2cc(C(=O)N[C@@H]3CC(=O)Nc4ccc(F)cc43)ccc2nc1-c1ccccc1. The van der Waals surface area contributed by atoms with E-state index < -0.39 is 23.7 Å². The summed E-state index contributed by atoms with van der Waals surface area (Å²) in [6, 6.07) is 18.0. The van der Waals surface area contributed by atoms with E-state index in [1.54, 1.807) is 18.2 Å². The Labute approximate surface area is 217 Å². The average molecular weight is 513 g/mol. The Morgan fingerprint density at radius 2 is 1.82 bits per heavy atom. The van der Waals surface area contributed by atoms with Gasteiger partial charge >= 0.3 is 5.97 Å². The van der Waals surface area contributed by atoms with Crippen LogP contribution < -0.4 is 10.6 Å². The molecule has 9 heteroatoms. The van der Waals surface area contributed by atoms with Gasteiger partial charge in [-0.25, -0.2) is 14.4 Å². The number of carboxylic acid groups (broad SMARTS) is 1. The van der Waals surface area contributed by atoms with Crippen molar-refractivity contribution < 1.29 is 23.9 Å². The highest BCUT2D eigenvalue weighted by Crippen LogP contribution is 2.31. The lowest BCUT2D eigenvalue weighted by Crippen LogP contribution is -2.35. The number of anilines is 1. The molecule has 0 aliphatic carbocycles. The number of fused-ring (bicyclic) bond motifs is 2. The number of carboxylic acids is 1. The number of benzene rings is 3. The van der Waals surface area contributed by atoms with E-state index in [9.17, 15) is 18.8 Å². The summed E-state index contributed by atoms with van der Waals surface area (Å²) >= 11 is 0. The highest BCUT2D eigenvalue weighted by Gasteiger charge is 2.27. The van der Waals surface area contributed by atoms with Crippen LogP contribution in [-0.4, -0.2) is 32.9 Å². The van der Waals surface area contributed by atoms with E-state index in [0.29, 0.717) is 47.1 Å². The summed E-state index contributed by atoms with van der Waals surface area (Å²) in [6.45, 7) is 0. The van der Waals surface area contributed by atoms with Gasteiger partial charge in [0.05, 0.1) is 34.9 Å². The maximum atomic E-state index is 13.9. The second kappa shape index (κ2) is 10.8. The van der Waals surface area contributed by atoms with Crippen molar-refractivity contribution in [3.8, 4) is 11.3 Å². The first-order valence-corrected chi connectivity index (χ1v) is 12.4. The van der Waals surface area contributed by atoms with Gasteiger partial charge in [0.25, 0.3) is 5.91 Å². The predicted octanol–water partition coefficient (Wildman–Crippen LogP) is 5.05. The molecule has 2 heterocycles. The molecule has 5 rings (SSSR count). The molecule has 1 aromatic heterocycles. The van der Waals surface area contributed by atoms with Crippen LogP contribution in [0.15, 0.2) is 66.7 Å². The molecule has 0 bridgehead atoms. The van der Waals surface area contributed by atoms with Crippen LogP contribution in [0.3, 0.4) is 0 Å². The number of unbranched alkanes of at least 4 members (excludes halogenated alkanes) is 1. The van der Waals surface area contributed by atoms with Gasteiger partial charge < -0.3 is 15.7 Å². The lowest BCUT2D eigenvalue weighted by molar-refractivity contribution is -0.137. The number of amides is 2. The monoisotopic (exact) mass is 512 g/mol. The molecule has 0 spiro atoms. The molecule has 0 radical (unpaired) electrons. The fourth-order valence-electron chi connectivity index (χ4n) is 4.60. The number of hydrogen-bond acceptors (Lipinski definition) is 5. The van der Waals surface area contributed by atoms with Crippen molar-refractivity contribution in [2.24, 2.45) is 0 Å². The number of nitrogens with zero attached hydrogens (tertiary/aromatic N) is 2. The van der Waals surface area contributed by atoms with Crippen LogP contribution >= 0.6 is 0 Å². The van der Waals surface area contributed by atoms with Gasteiger partial charge in [0.15, 0.2) is 0 Å². The molecule has 0 unspecified atom stereocenters. The van der Waals surface area contributed by atoms with Gasteiger partial charge in [-0.3, -0.25) is 14.4 Å². The Balaban J connectivity index is 1.44. The number of aromatic nitrogens is 2. The molecular formula is C29H25FN4O4. The van der Waals surface area contributed by atoms with Crippen molar-refractivity contribution in [3.63, 3.8) is 0 Å². The van der Waals surface area contributed by atoms with Crippen LogP contribution in [-0.2, 0) is 16.0 Å². The topological polar surface area (TPSA) is 121 Å². The molecule has 3 N–H and O–H groups in total. The summed E-state index contributed by atoms with van der Waals surface area (Å²) in [7, 11) is 0. The Kier molecular flexibility index (Phi) is 7.08. The highest BCUT2D eigenvalue weighted by molar-refractivity contribution is 6.00. The number of carbonyl (C=O) groups excluding carboxylic acids is 2. The first kappa shape index (κ1) is 25.0. The Morgan fingerprint density at radius 3 is 2.61 bits per heavy atom. The maximum absolute atomic E-state index is 13.9. The van der Waals surface area contributed by atoms with E-state index in [-0.39, 0.29) is 18.7 Å². The van der Waals surface area contributed by atoms with Gasteiger partial charge in [0, 0.05) is 28.8 Å². The molecule has 0 fully saturated rings. The third-order valence-corrected chi connectivity index (χ3v) is 6.46. The van der Waals surface area contributed by atoms with Gasteiger partial charge in [-0.05, 0) is 55.7 Å². The number of carbonyl (C=O) groups is 3. The average Bonchev–Trinajstić information content (AvgIpc) is 2.91.